The Balaban J connectivity index is 2.10. The third-order valence-corrected chi connectivity index (χ3v) is 3.35. The second-order valence-corrected chi connectivity index (χ2v) is 5.28. The predicted molar refractivity (Wildman–Crippen MR) is 83.9 cm³/mol. The van der Waals surface area contributed by atoms with Crippen LogP contribution in [0.3, 0.4) is 0 Å². The molecule has 0 radical (unpaired) electrons. The van der Waals surface area contributed by atoms with Crippen molar-refractivity contribution < 1.29 is 19.4 Å². The summed E-state index contributed by atoms with van der Waals surface area (Å²) in [7, 11) is 0. The molecule has 22 heavy (non-hydrogen) atoms. The summed E-state index contributed by atoms with van der Waals surface area (Å²) in [5, 5.41) is 10.8. The van der Waals surface area contributed by atoms with Gasteiger partial charge in [0.15, 0.2) is 6.61 Å². The molecule has 0 heterocycles. The maximum atomic E-state index is 12.2. The van der Waals surface area contributed by atoms with E-state index in [1.807, 2.05) is 36.4 Å². The number of amides is 1. The summed E-state index contributed by atoms with van der Waals surface area (Å²) in [6, 6.07) is 13.2. The van der Waals surface area contributed by atoms with Crippen LogP contribution in [0.15, 0.2) is 42.5 Å². The molecule has 0 saturated carbocycles. The van der Waals surface area contributed by atoms with Crippen LogP contribution in [0.5, 0.6) is 5.75 Å². The zero-order valence-corrected chi connectivity index (χ0v) is 12.7. The number of carbonyl (C=O) groups excluding carboxylic acids is 1. The van der Waals surface area contributed by atoms with Gasteiger partial charge in [0.25, 0.3) is 5.91 Å². The van der Waals surface area contributed by atoms with Gasteiger partial charge in [-0.2, -0.15) is 0 Å². The standard InChI is InChI=1S/C17H19NO4/c1-12(2)18(10-17(20)21)16(19)11-22-15-9-5-7-13-6-3-4-8-14(13)15/h3-9,12H,10-11H2,1-2H3,(H,20,21). The van der Waals surface area contributed by atoms with Crippen LogP contribution < -0.4 is 4.74 Å². The van der Waals surface area contributed by atoms with Gasteiger partial charge in [-0.25, -0.2) is 0 Å². The largest absolute Gasteiger partial charge is 0.483 e. The fourth-order valence-electron chi connectivity index (χ4n) is 2.25. The minimum absolute atomic E-state index is 0.181. The second kappa shape index (κ2) is 6.93. The van der Waals surface area contributed by atoms with Gasteiger partial charge in [-0.1, -0.05) is 36.4 Å². The third kappa shape index (κ3) is 3.75. The lowest BCUT2D eigenvalue weighted by Crippen LogP contribution is -2.43. The average Bonchev–Trinajstić information content (AvgIpc) is 2.49. The molecule has 0 unspecified atom stereocenters. The number of nitrogens with zero attached hydrogens (tertiary/aromatic N) is 1. The number of hydrogen-bond donors (Lipinski definition) is 1. The van der Waals surface area contributed by atoms with Gasteiger partial charge < -0.3 is 14.7 Å². The molecule has 5 heteroatoms. The number of benzene rings is 2. The van der Waals surface area contributed by atoms with Crippen LogP contribution >= 0.6 is 0 Å². The maximum Gasteiger partial charge on any atom is 0.323 e. The van der Waals surface area contributed by atoms with Crippen LogP contribution in [0.1, 0.15) is 13.8 Å². The SMILES string of the molecule is CC(C)N(CC(=O)O)C(=O)COc1cccc2ccccc12. The summed E-state index contributed by atoms with van der Waals surface area (Å²) in [6.45, 7) is 3.05. The topological polar surface area (TPSA) is 66.8 Å². The van der Waals surface area contributed by atoms with E-state index < -0.39 is 5.97 Å². The normalized spacial score (nSPS) is 10.7. The Labute approximate surface area is 129 Å². The van der Waals surface area contributed by atoms with E-state index >= 15 is 0 Å². The first-order valence-corrected chi connectivity index (χ1v) is 7.11. The van der Waals surface area contributed by atoms with Crippen molar-refractivity contribution in [1.82, 2.24) is 4.90 Å². The van der Waals surface area contributed by atoms with Gasteiger partial charge >= 0.3 is 5.97 Å². The molecule has 2 rings (SSSR count). The van der Waals surface area contributed by atoms with Crippen molar-refractivity contribution in [3.05, 3.63) is 42.5 Å². The zero-order valence-electron chi connectivity index (χ0n) is 12.7. The Bertz CT molecular complexity index is 676. The highest BCUT2D eigenvalue weighted by atomic mass is 16.5. The number of carbonyl (C=O) groups is 2. The second-order valence-electron chi connectivity index (χ2n) is 5.28. The first-order chi connectivity index (χ1) is 10.5. The summed E-state index contributed by atoms with van der Waals surface area (Å²) in [6.07, 6.45) is 0. The molecule has 2 aromatic carbocycles. The Hall–Kier alpha value is -2.56. The van der Waals surface area contributed by atoms with E-state index in [0.29, 0.717) is 5.75 Å². The van der Waals surface area contributed by atoms with E-state index in [1.54, 1.807) is 19.9 Å². The molecule has 0 atom stereocenters. The monoisotopic (exact) mass is 301 g/mol. The van der Waals surface area contributed by atoms with Gasteiger partial charge in [0.1, 0.15) is 12.3 Å². The number of rotatable bonds is 6. The van der Waals surface area contributed by atoms with Gasteiger partial charge in [0.2, 0.25) is 0 Å². The Morgan fingerprint density at radius 2 is 1.82 bits per heavy atom. The van der Waals surface area contributed by atoms with E-state index in [0.717, 1.165) is 10.8 Å². The van der Waals surface area contributed by atoms with Crippen LogP contribution in [0.4, 0.5) is 0 Å². The number of aliphatic carboxylic acids is 1. The number of hydrogen-bond acceptors (Lipinski definition) is 3. The smallest absolute Gasteiger partial charge is 0.323 e. The van der Waals surface area contributed by atoms with E-state index in [2.05, 4.69) is 0 Å². The number of carboxylic acid groups (broad SMARTS) is 1. The first kappa shape index (κ1) is 15.8. The summed E-state index contributed by atoms with van der Waals surface area (Å²) in [5.74, 6) is -0.761. The number of ether oxygens (including phenoxy) is 1. The minimum Gasteiger partial charge on any atom is -0.483 e. The lowest BCUT2D eigenvalue weighted by molar-refractivity contribution is -0.146. The van der Waals surface area contributed by atoms with Gasteiger partial charge in [0, 0.05) is 11.4 Å². The van der Waals surface area contributed by atoms with Crippen molar-refractivity contribution in [2.75, 3.05) is 13.2 Å². The van der Waals surface area contributed by atoms with E-state index in [-0.39, 0.29) is 25.1 Å². The van der Waals surface area contributed by atoms with Crippen LogP contribution in [0.2, 0.25) is 0 Å². The molecule has 116 valence electrons. The van der Waals surface area contributed by atoms with Gasteiger partial charge in [0.05, 0.1) is 0 Å². The van der Waals surface area contributed by atoms with Crippen LogP contribution in [-0.4, -0.2) is 41.1 Å². The van der Waals surface area contributed by atoms with Crippen molar-refractivity contribution in [3.63, 3.8) is 0 Å². The molecular weight excluding hydrogens is 282 g/mol. The molecular formula is C17H19NO4. The fourth-order valence-corrected chi connectivity index (χ4v) is 2.25. The lowest BCUT2D eigenvalue weighted by atomic mass is 10.1. The van der Waals surface area contributed by atoms with Crippen molar-refractivity contribution in [1.29, 1.82) is 0 Å². The van der Waals surface area contributed by atoms with Crippen molar-refractivity contribution in [2.45, 2.75) is 19.9 Å². The molecule has 0 aliphatic heterocycles. The van der Waals surface area contributed by atoms with Gasteiger partial charge in [-0.15, -0.1) is 0 Å². The van der Waals surface area contributed by atoms with Crippen molar-refractivity contribution in [2.24, 2.45) is 0 Å². The molecule has 0 aromatic heterocycles. The Morgan fingerprint density at radius 3 is 2.50 bits per heavy atom. The fraction of sp³-hybridized carbons (Fsp3) is 0.294. The molecule has 1 N–H and O–H groups in total. The number of carboxylic acids is 1. The highest BCUT2D eigenvalue weighted by Crippen LogP contribution is 2.25. The average molecular weight is 301 g/mol. The number of fused-ring (bicyclic) bond motifs is 1. The van der Waals surface area contributed by atoms with Crippen LogP contribution in [0, 0.1) is 0 Å². The molecule has 2 aromatic rings. The lowest BCUT2D eigenvalue weighted by Gasteiger charge is -2.24. The molecule has 0 spiro atoms. The summed E-state index contributed by atoms with van der Waals surface area (Å²) in [4.78, 5) is 24.3. The molecule has 0 saturated heterocycles. The maximum absolute atomic E-state index is 12.2. The highest BCUT2D eigenvalue weighted by molar-refractivity contribution is 5.89. The predicted octanol–water partition coefficient (Wildman–Crippen LogP) is 2.54. The quantitative estimate of drug-likeness (QED) is 0.890. The molecule has 0 fully saturated rings. The van der Waals surface area contributed by atoms with Gasteiger partial charge in [-0.05, 0) is 25.3 Å². The third-order valence-electron chi connectivity index (χ3n) is 3.35. The first-order valence-electron chi connectivity index (χ1n) is 7.11. The zero-order chi connectivity index (χ0) is 16.1. The van der Waals surface area contributed by atoms with Gasteiger partial charge in [-0.3, -0.25) is 9.59 Å². The van der Waals surface area contributed by atoms with E-state index in [1.165, 1.54) is 4.90 Å². The summed E-state index contributed by atoms with van der Waals surface area (Å²) in [5.41, 5.74) is 0. The van der Waals surface area contributed by atoms with Crippen molar-refractivity contribution >= 4 is 22.6 Å². The van der Waals surface area contributed by atoms with E-state index in [4.69, 9.17) is 9.84 Å². The molecule has 5 nitrogen and oxygen atoms in total. The highest BCUT2D eigenvalue weighted by Gasteiger charge is 2.20. The Kier molecular flexibility index (Phi) is 4.99. The Morgan fingerprint density at radius 1 is 1.14 bits per heavy atom. The summed E-state index contributed by atoms with van der Waals surface area (Å²) >= 11 is 0. The van der Waals surface area contributed by atoms with Crippen molar-refractivity contribution in [3.8, 4) is 5.75 Å². The molecule has 0 aliphatic carbocycles. The molecule has 0 aliphatic rings. The molecule has 0 bridgehead atoms. The van der Waals surface area contributed by atoms with Crippen LogP contribution in [0.25, 0.3) is 10.8 Å². The summed E-state index contributed by atoms with van der Waals surface area (Å²) < 4.78 is 5.61. The minimum atomic E-state index is -1.03. The van der Waals surface area contributed by atoms with Crippen LogP contribution in [-0.2, 0) is 9.59 Å². The van der Waals surface area contributed by atoms with E-state index in [9.17, 15) is 9.59 Å². The molecule has 1 amide bonds.